The summed E-state index contributed by atoms with van der Waals surface area (Å²) in [6.07, 6.45) is 0.375. The molecule has 0 unspecified atom stereocenters. The number of aromatic nitrogens is 2. The predicted octanol–water partition coefficient (Wildman–Crippen LogP) is 0.974. The summed E-state index contributed by atoms with van der Waals surface area (Å²) in [6, 6.07) is 6.79. The Morgan fingerprint density at radius 2 is 1.86 bits per heavy atom. The zero-order chi connectivity index (χ0) is 15.6. The van der Waals surface area contributed by atoms with Crippen LogP contribution in [0.2, 0.25) is 0 Å². The summed E-state index contributed by atoms with van der Waals surface area (Å²) in [6.45, 7) is 0.314. The number of rotatable bonds is 4. The van der Waals surface area contributed by atoms with Crippen LogP contribution in [0.3, 0.4) is 0 Å². The molecule has 0 saturated carbocycles. The van der Waals surface area contributed by atoms with E-state index in [0.717, 1.165) is 15.9 Å². The molecule has 120 valence electrons. The van der Waals surface area contributed by atoms with Crippen molar-refractivity contribution in [1.29, 1.82) is 0 Å². The Kier molecular flexibility index (Phi) is 5.53. The molecule has 7 nitrogen and oxygen atoms in total. The van der Waals surface area contributed by atoms with Crippen LogP contribution < -0.4 is 21.9 Å². The molecule has 0 radical (unpaired) electrons. The number of amides is 1. The summed E-state index contributed by atoms with van der Waals surface area (Å²) in [7, 11) is 3.89. The molecule has 0 aliphatic heterocycles. The predicted molar refractivity (Wildman–Crippen MR) is 89.3 cm³/mol. The van der Waals surface area contributed by atoms with Crippen molar-refractivity contribution in [2.24, 2.45) is 11.5 Å². The summed E-state index contributed by atoms with van der Waals surface area (Å²) >= 11 is 0. The molecule has 22 heavy (non-hydrogen) atoms. The first kappa shape index (κ1) is 17.5. The molecule has 0 spiro atoms. The fraction of sp³-hybridized carbons (Fsp3) is 0.333. The third-order valence-electron chi connectivity index (χ3n) is 3.27. The summed E-state index contributed by atoms with van der Waals surface area (Å²) in [5.74, 6) is 0. The van der Waals surface area contributed by atoms with Gasteiger partial charge in [-0.15, -0.1) is 0 Å². The van der Waals surface area contributed by atoms with Gasteiger partial charge >= 0.3 is 6.03 Å². The maximum Gasteiger partial charge on any atom is 0.341 e. The highest BCUT2D eigenvalue weighted by atomic mass is 16.2. The maximum atomic E-state index is 12.1. The number of aromatic amines is 1. The molecule has 1 heterocycles. The standard InChI is InChI=1S/C14H19N5O2.CH4/c1-18(2)10-5-3-9(4-6-10)12-11(7-8-15)13(20)19(17-12)14(16)21;/h3-6,17H,7-8,15H2,1-2H3,(H2,16,21);1H4. The summed E-state index contributed by atoms with van der Waals surface area (Å²) < 4.78 is 0.806. The van der Waals surface area contributed by atoms with Crippen molar-refractivity contribution >= 4 is 11.7 Å². The van der Waals surface area contributed by atoms with Crippen LogP contribution in [0.25, 0.3) is 11.3 Å². The average molecular weight is 305 g/mol. The Morgan fingerprint density at radius 1 is 1.27 bits per heavy atom. The molecule has 1 aromatic carbocycles. The van der Waals surface area contributed by atoms with E-state index < -0.39 is 11.6 Å². The van der Waals surface area contributed by atoms with E-state index in [1.54, 1.807) is 0 Å². The highest BCUT2D eigenvalue weighted by Crippen LogP contribution is 2.22. The van der Waals surface area contributed by atoms with Crippen molar-refractivity contribution in [3.8, 4) is 11.3 Å². The first-order chi connectivity index (χ1) is 9.95. The maximum absolute atomic E-state index is 12.1. The van der Waals surface area contributed by atoms with Crippen LogP contribution >= 0.6 is 0 Å². The summed E-state index contributed by atoms with van der Waals surface area (Å²) in [5, 5.41) is 2.76. The Morgan fingerprint density at radius 3 is 2.32 bits per heavy atom. The van der Waals surface area contributed by atoms with Gasteiger partial charge in [-0.05, 0) is 25.1 Å². The fourth-order valence-corrected chi connectivity index (χ4v) is 2.17. The van der Waals surface area contributed by atoms with Crippen molar-refractivity contribution < 1.29 is 4.79 Å². The van der Waals surface area contributed by atoms with E-state index in [1.165, 1.54) is 0 Å². The molecule has 1 amide bonds. The second-order valence-electron chi connectivity index (χ2n) is 4.92. The zero-order valence-electron chi connectivity index (χ0n) is 12.1. The molecule has 0 saturated heterocycles. The molecular weight excluding hydrogens is 282 g/mol. The van der Waals surface area contributed by atoms with Crippen molar-refractivity contribution in [1.82, 2.24) is 9.78 Å². The van der Waals surface area contributed by atoms with E-state index in [0.29, 0.717) is 24.2 Å². The van der Waals surface area contributed by atoms with Crippen molar-refractivity contribution in [2.45, 2.75) is 13.8 Å². The van der Waals surface area contributed by atoms with Gasteiger partial charge in [0.2, 0.25) is 0 Å². The number of hydrogen-bond acceptors (Lipinski definition) is 4. The highest BCUT2D eigenvalue weighted by Gasteiger charge is 2.17. The quantitative estimate of drug-likeness (QED) is 0.781. The Labute approximate surface area is 129 Å². The number of nitrogens with zero attached hydrogens (tertiary/aromatic N) is 2. The number of carbonyl (C=O) groups excluding carboxylic acids is 1. The smallest absolute Gasteiger partial charge is 0.341 e. The minimum absolute atomic E-state index is 0. The molecule has 0 atom stereocenters. The molecule has 0 fully saturated rings. The van der Waals surface area contributed by atoms with Gasteiger partial charge in [0.15, 0.2) is 0 Å². The second-order valence-corrected chi connectivity index (χ2v) is 4.92. The molecule has 5 N–H and O–H groups in total. The first-order valence-electron chi connectivity index (χ1n) is 6.57. The normalized spacial score (nSPS) is 10.1. The average Bonchev–Trinajstić information content (AvgIpc) is 2.77. The van der Waals surface area contributed by atoms with Gasteiger partial charge in [-0.25, -0.2) is 4.79 Å². The number of nitrogens with two attached hydrogens (primary N) is 2. The Hall–Kier alpha value is -2.54. The van der Waals surface area contributed by atoms with Crippen molar-refractivity contribution in [3.05, 3.63) is 40.2 Å². The van der Waals surface area contributed by atoms with E-state index in [1.807, 2.05) is 43.3 Å². The molecule has 2 rings (SSSR count). The van der Waals surface area contributed by atoms with Gasteiger partial charge in [0, 0.05) is 30.9 Å². The van der Waals surface area contributed by atoms with E-state index >= 15 is 0 Å². The van der Waals surface area contributed by atoms with Crippen LogP contribution in [0.15, 0.2) is 29.1 Å². The van der Waals surface area contributed by atoms with Crippen LogP contribution in [0.4, 0.5) is 10.5 Å². The van der Waals surface area contributed by atoms with Crippen LogP contribution in [-0.4, -0.2) is 36.5 Å². The van der Waals surface area contributed by atoms with Crippen LogP contribution in [0.5, 0.6) is 0 Å². The number of nitrogens with one attached hydrogen (secondary N) is 1. The molecule has 7 heteroatoms. The van der Waals surface area contributed by atoms with Gasteiger partial charge in [0.25, 0.3) is 5.56 Å². The number of benzene rings is 1. The number of hydrogen-bond donors (Lipinski definition) is 3. The van der Waals surface area contributed by atoms with Crippen LogP contribution in [0.1, 0.15) is 13.0 Å². The Balaban J connectivity index is 0.00000242. The van der Waals surface area contributed by atoms with Gasteiger partial charge in [-0.1, -0.05) is 19.6 Å². The number of primary amides is 1. The Bertz CT molecular complexity index is 698. The number of H-pyrrole nitrogens is 1. The molecule has 0 aliphatic rings. The van der Waals surface area contributed by atoms with Gasteiger partial charge in [-0.2, -0.15) is 4.68 Å². The lowest BCUT2D eigenvalue weighted by Gasteiger charge is -2.12. The molecule has 2 aromatic rings. The number of anilines is 1. The van der Waals surface area contributed by atoms with Gasteiger partial charge in [0.1, 0.15) is 0 Å². The summed E-state index contributed by atoms with van der Waals surface area (Å²) in [4.78, 5) is 25.4. The topological polar surface area (TPSA) is 110 Å². The first-order valence-corrected chi connectivity index (χ1v) is 6.57. The second kappa shape index (κ2) is 6.95. The monoisotopic (exact) mass is 305 g/mol. The van der Waals surface area contributed by atoms with Gasteiger partial charge in [-0.3, -0.25) is 9.89 Å². The van der Waals surface area contributed by atoms with E-state index in [9.17, 15) is 9.59 Å². The minimum Gasteiger partial charge on any atom is -0.378 e. The largest absolute Gasteiger partial charge is 0.378 e. The third kappa shape index (κ3) is 3.20. The lowest BCUT2D eigenvalue weighted by molar-refractivity contribution is 0.247. The lowest BCUT2D eigenvalue weighted by Crippen LogP contribution is -2.31. The number of carbonyl (C=O) groups is 1. The van der Waals surface area contributed by atoms with Crippen molar-refractivity contribution in [2.75, 3.05) is 25.5 Å². The van der Waals surface area contributed by atoms with Gasteiger partial charge in [0.05, 0.1) is 5.69 Å². The molecular formula is C15H23N5O2. The van der Waals surface area contributed by atoms with E-state index in [-0.39, 0.29) is 7.43 Å². The minimum atomic E-state index is -0.838. The van der Waals surface area contributed by atoms with Gasteiger partial charge < -0.3 is 16.4 Å². The van der Waals surface area contributed by atoms with Crippen molar-refractivity contribution in [3.63, 3.8) is 0 Å². The van der Waals surface area contributed by atoms with Crippen LogP contribution in [0, 0.1) is 0 Å². The van der Waals surface area contributed by atoms with E-state index in [4.69, 9.17) is 11.5 Å². The molecule has 1 aromatic heterocycles. The third-order valence-corrected chi connectivity index (χ3v) is 3.27. The van der Waals surface area contributed by atoms with Crippen LogP contribution in [-0.2, 0) is 6.42 Å². The SMILES string of the molecule is C.CN(C)c1ccc(-c2[nH]n(C(N)=O)c(=O)c2CCN)cc1. The molecule has 0 bridgehead atoms. The highest BCUT2D eigenvalue weighted by molar-refractivity contribution is 5.76. The fourth-order valence-electron chi connectivity index (χ4n) is 2.17. The lowest BCUT2D eigenvalue weighted by atomic mass is 10.1. The molecule has 0 aliphatic carbocycles. The van der Waals surface area contributed by atoms with E-state index in [2.05, 4.69) is 5.10 Å². The zero-order valence-corrected chi connectivity index (χ0v) is 12.1. The summed E-state index contributed by atoms with van der Waals surface area (Å²) in [5.41, 5.74) is 13.2.